The van der Waals surface area contributed by atoms with E-state index in [1.54, 1.807) is 0 Å². The number of rotatable bonds is 5. The summed E-state index contributed by atoms with van der Waals surface area (Å²) in [5.74, 6) is -0.188. The Morgan fingerprint density at radius 1 is 1.03 bits per heavy atom. The van der Waals surface area contributed by atoms with Crippen LogP contribution in [-0.4, -0.2) is 42.2 Å². The molecule has 1 spiro atoms. The summed E-state index contributed by atoms with van der Waals surface area (Å²) in [5, 5.41) is 9.10. The predicted octanol–water partition coefficient (Wildman–Crippen LogP) is 4.31. The fourth-order valence-electron chi connectivity index (χ4n) is 4.74. The van der Waals surface area contributed by atoms with Crippen molar-refractivity contribution in [3.8, 4) is 0 Å². The minimum atomic E-state index is -0.561. The highest BCUT2D eigenvalue weighted by molar-refractivity contribution is 5.97. The average Bonchev–Trinajstić information content (AvgIpc) is 3.61. The molecule has 0 bridgehead atoms. The van der Waals surface area contributed by atoms with E-state index in [1.165, 1.54) is 0 Å². The van der Waals surface area contributed by atoms with Crippen LogP contribution < -0.4 is 20.9 Å². The van der Waals surface area contributed by atoms with E-state index < -0.39 is 5.82 Å². The number of anilines is 6. The molecule has 3 heterocycles. The van der Waals surface area contributed by atoms with Crippen LogP contribution in [0.5, 0.6) is 0 Å². The summed E-state index contributed by atoms with van der Waals surface area (Å²) >= 11 is 0. The number of hydrogen-bond acceptors (Lipinski definition) is 7. The number of ether oxygens (including phenoxy) is 1. The van der Waals surface area contributed by atoms with Gasteiger partial charge in [0.25, 0.3) is 0 Å². The molecule has 1 amide bonds. The van der Waals surface area contributed by atoms with E-state index in [0.29, 0.717) is 12.1 Å². The molecule has 1 aliphatic carbocycles. The Bertz CT molecular complexity index is 1240. The van der Waals surface area contributed by atoms with Gasteiger partial charge in [-0.05, 0) is 54.8 Å². The predicted molar refractivity (Wildman–Crippen MR) is 129 cm³/mol. The number of benzene rings is 2. The van der Waals surface area contributed by atoms with Gasteiger partial charge in [0.05, 0.1) is 19.4 Å². The fraction of sp³-hybridized carbons (Fsp3) is 0.320. The van der Waals surface area contributed by atoms with Crippen LogP contribution in [0.15, 0.2) is 48.7 Å². The summed E-state index contributed by atoms with van der Waals surface area (Å²) in [7, 11) is 0. The first kappa shape index (κ1) is 20.9. The van der Waals surface area contributed by atoms with Crippen LogP contribution in [0.1, 0.15) is 24.8 Å². The van der Waals surface area contributed by atoms with Gasteiger partial charge in [0.2, 0.25) is 11.9 Å². The van der Waals surface area contributed by atoms with Gasteiger partial charge < -0.3 is 25.6 Å². The van der Waals surface area contributed by atoms with Crippen molar-refractivity contribution in [3.63, 3.8) is 0 Å². The zero-order valence-corrected chi connectivity index (χ0v) is 18.6. The standard InChI is InChI=1S/C25H25FN6O2/c26-20-15-27-24(29-16-1-4-18(5-2-16)32-9-11-34-12-10-32)31-23(20)28-17-3-6-19-21(13-17)30-22(33)14-25(19)7-8-25/h1-6,13,15H,7-12,14H2,(H,30,33)(H2,27,28,29,31). The zero-order valence-electron chi connectivity index (χ0n) is 18.6. The maximum Gasteiger partial charge on any atom is 0.229 e. The Kier molecular flexibility index (Phi) is 5.06. The van der Waals surface area contributed by atoms with E-state index >= 15 is 0 Å². The van der Waals surface area contributed by atoms with E-state index in [0.717, 1.165) is 68.0 Å². The van der Waals surface area contributed by atoms with Gasteiger partial charge in [-0.2, -0.15) is 4.98 Å². The summed E-state index contributed by atoms with van der Waals surface area (Å²) in [5.41, 5.74) is 4.51. The van der Waals surface area contributed by atoms with E-state index in [-0.39, 0.29) is 23.1 Å². The Balaban J connectivity index is 1.18. The number of nitrogens with one attached hydrogen (secondary N) is 3. The molecule has 2 fully saturated rings. The molecule has 3 N–H and O–H groups in total. The number of amides is 1. The van der Waals surface area contributed by atoms with Gasteiger partial charge in [0.1, 0.15) is 0 Å². The van der Waals surface area contributed by atoms with E-state index in [2.05, 4.69) is 30.8 Å². The van der Waals surface area contributed by atoms with E-state index in [4.69, 9.17) is 4.74 Å². The topological polar surface area (TPSA) is 91.4 Å². The molecule has 174 valence electrons. The average molecular weight is 461 g/mol. The first-order valence-corrected chi connectivity index (χ1v) is 11.5. The second kappa shape index (κ2) is 8.25. The Hall–Kier alpha value is -3.72. The highest BCUT2D eigenvalue weighted by Gasteiger charge is 2.49. The van der Waals surface area contributed by atoms with Crippen molar-refractivity contribution in [1.82, 2.24) is 9.97 Å². The van der Waals surface area contributed by atoms with Crippen LogP contribution in [0.2, 0.25) is 0 Å². The highest BCUT2D eigenvalue weighted by Crippen LogP contribution is 2.55. The molecule has 1 aromatic heterocycles. The molecular formula is C25H25FN6O2. The lowest BCUT2D eigenvalue weighted by Crippen LogP contribution is -2.36. The van der Waals surface area contributed by atoms with Crippen molar-refractivity contribution in [1.29, 1.82) is 0 Å². The lowest BCUT2D eigenvalue weighted by Gasteiger charge is -2.28. The van der Waals surface area contributed by atoms with Gasteiger partial charge in [-0.15, -0.1) is 0 Å². The van der Waals surface area contributed by atoms with Gasteiger partial charge in [-0.3, -0.25) is 4.79 Å². The molecule has 0 radical (unpaired) electrons. The third kappa shape index (κ3) is 4.03. The number of carbonyl (C=O) groups is 1. The Morgan fingerprint density at radius 3 is 2.56 bits per heavy atom. The third-order valence-corrected chi connectivity index (χ3v) is 6.72. The first-order valence-electron chi connectivity index (χ1n) is 11.5. The number of aromatic nitrogens is 2. The molecule has 9 heteroatoms. The largest absolute Gasteiger partial charge is 0.378 e. The quantitative estimate of drug-likeness (QED) is 0.523. The van der Waals surface area contributed by atoms with Crippen LogP contribution in [0, 0.1) is 5.82 Å². The Labute approximate surface area is 196 Å². The fourth-order valence-corrected chi connectivity index (χ4v) is 4.74. The summed E-state index contributed by atoms with van der Waals surface area (Å²) < 4.78 is 19.9. The summed E-state index contributed by atoms with van der Waals surface area (Å²) in [6.45, 7) is 3.21. The molecule has 2 aliphatic heterocycles. The second-order valence-electron chi connectivity index (χ2n) is 9.05. The SMILES string of the molecule is O=C1CC2(CC2)c2ccc(Nc3nc(Nc4ccc(N5CCOCC5)cc4)ncc3F)cc2N1. The van der Waals surface area contributed by atoms with Crippen LogP contribution in [0.4, 0.5) is 38.9 Å². The third-order valence-electron chi connectivity index (χ3n) is 6.72. The van der Waals surface area contributed by atoms with Crippen molar-refractivity contribution >= 4 is 40.4 Å². The number of fused-ring (bicyclic) bond motifs is 2. The summed E-state index contributed by atoms with van der Waals surface area (Å²) in [6.07, 6.45) is 3.74. The van der Waals surface area contributed by atoms with Crippen LogP contribution in [0.3, 0.4) is 0 Å². The van der Waals surface area contributed by atoms with Crippen molar-refractivity contribution in [2.24, 2.45) is 0 Å². The molecule has 0 unspecified atom stereocenters. The van der Waals surface area contributed by atoms with Crippen molar-refractivity contribution in [2.75, 3.05) is 47.2 Å². The molecule has 2 aromatic carbocycles. The number of nitrogens with zero attached hydrogens (tertiary/aromatic N) is 3. The molecule has 0 atom stereocenters. The molecule has 1 saturated heterocycles. The molecule has 6 rings (SSSR count). The van der Waals surface area contributed by atoms with E-state index in [9.17, 15) is 9.18 Å². The maximum absolute atomic E-state index is 14.5. The first-order chi connectivity index (χ1) is 16.6. The molecule has 3 aliphatic rings. The zero-order chi connectivity index (χ0) is 23.1. The van der Waals surface area contributed by atoms with Gasteiger partial charge in [-0.25, -0.2) is 9.37 Å². The molecule has 3 aromatic rings. The van der Waals surface area contributed by atoms with Gasteiger partial charge in [0, 0.05) is 47.7 Å². The van der Waals surface area contributed by atoms with Crippen LogP contribution >= 0.6 is 0 Å². The van der Waals surface area contributed by atoms with Gasteiger partial charge in [-0.1, -0.05) is 6.07 Å². The van der Waals surface area contributed by atoms with Crippen LogP contribution in [-0.2, 0) is 14.9 Å². The summed E-state index contributed by atoms with van der Waals surface area (Å²) in [4.78, 5) is 22.8. The van der Waals surface area contributed by atoms with Crippen molar-refractivity contribution in [3.05, 3.63) is 60.0 Å². The summed E-state index contributed by atoms with van der Waals surface area (Å²) in [6, 6.07) is 13.7. The number of halogens is 1. The molecule has 8 nitrogen and oxygen atoms in total. The molecule has 34 heavy (non-hydrogen) atoms. The second-order valence-corrected chi connectivity index (χ2v) is 9.05. The number of morpholine rings is 1. The highest BCUT2D eigenvalue weighted by atomic mass is 19.1. The number of carbonyl (C=O) groups excluding carboxylic acids is 1. The molecule has 1 saturated carbocycles. The smallest absolute Gasteiger partial charge is 0.229 e. The monoisotopic (exact) mass is 460 g/mol. The van der Waals surface area contributed by atoms with Gasteiger partial charge >= 0.3 is 0 Å². The Morgan fingerprint density at radius 2 is 1.79 bits per heavy atom. The van der Waals surface area contributed by atoms with Gasteiger partial charge in [0.15, 0.2) is 11.6 Å². The lowest BCUT2D eigenvalue weighted by molar-refractivity contribution is -0.117. The van der Waals surface area contributed by atoms with E-state index in [1.807, 2.05) is 42.5 Å². The molecular weight excluding hydrogens is 435 g/mol. The minimum Gasteiger partial charge on any atom is -0.378 e. The maximum atomic E-state index is 14.5. The van der Waals surface area contributed by atoms with Crippen molar-refractivity contribution in [2.45, 2.75) is 24.7 Å². The normalized spacial score (nSPS) is 18.3. The lowest BCUT2D eigenvalue weighted by atomic mass is 9.87. The number of hydrogen-bond donors (Lipinski definition) is 3. The van der Waals surface area contributed by atoms with Crippen molar-refractivity contribution < 1.29 is 13.9 Å². The minimum absolute atomic E-state index is 0.00915. The van der Waals surface area contributed by atoms with Crippen LogP contribution in [0.25, 0.3) is 0 Å².